The Balaban J connectivity index is 1.93. The van der Waals surface area contributed by atoms with E-state index in [9.17, 15) is 4.79 Å². The number of amides is 1. The maximum absolute atomic E-state index is 12.0. The van der Waals surface area contributed by atoms with E-state index in [2.05, 4.69) is 36.1 Å². The highest BCUT2D eigenvalue weighted by Gasteiger charge is 2.27. The minimum atomic E-state index is 0.0230. The van der Waals surface area contributed by atoms with Gasteiger partial charge in [-0.15, -0.1) is 0 Å². The third-order valence-electron chi connectivity index (χ3n) is 4.30. The topological polar surface area (TPSA) is 58.1 Å². The van der Waals surface area contributed by atoms with Crippen LogP contribution >= 0.6 is 0 Å². The van der Waals surface area contributed by atoms with Crippen molar-refractivity contribution in [2.45, 2.75) is 57.9 Å². The molecule has 1 aromatic heterocycles. The summed E-state index contributed by atoms with van der Waals surface area (Å²) in [4.78, 5) is 22.4. The zero-order valence-corrected chi connectivity index (χ0v) is 14.4. The summed E-state index contributed by atoms with van der Waals surface area (Å²) in [7, 11) is 3.67. The highest BCUT2D eigenvalue weighted by atomic mass is 16.2. The highest BCUT2D eigenvalue weighted by Crippen LogP contribution is 2.28. The molecule has 0 aromatic carbocycles. The lowest BCUT2D eigenvalue weighted by Crippen LogP contribution is -2.35. The Kier molecular flexibility index (Phi) is 5.04. The van der Waals surface area contributed by atoms with E-state index in [1.165, 1.54) is 0 Å². The number of hydrogen-bond donors (Lipinski definition) is 1. The fraction of sp³-hybridized carbons (Fsp3) is 0.706. The van der Waals surface area contributed by atoms with Gasteiger partial charge in [0, 0.05) is 37.5 Å². The first-order chi connectivity index (χ1) is 10.3. The van der Waals surface area contributed by atoms with Crippen LogP contribution in [0.5, 0.6) is 0 Å². The van der Waals surface area contributed by atoms with Crippen LogP contribution in [0.1, 0.15) is 52.1 Å². The molecule has 1 N–H and O–H groups in total. The molecule has 0 bridgehead atoms. The van der Waals surface area contributed by atoms with Crippen LogP contribution in [0.15, 0.2) is 12.4 Å². The Morgan fingerprint density at radius 1 is 1.18 bits per heavy atom. The average Bonchev–Trinajstić information content (AvgIpc) is 2.46. The lowest BCUT2D eigenvalue weighted by Gasteiger charge is -2.30. The summed E-state index contributed by atoms with van der Waals surface area (Å²) in [5.74, 6) is 1.33. The molecule has 0 unspecified atom stereocenters. The van der Waals surface area contributed by atoms with Crippen LogP contribution in [0, 0.1) is 5.92 Å². The predicted octanol–water partition coefficient (Wildman–Crippen LogP) is 2.83. The van der Waals surface area contributed by atoms with E-state index < -0.39 is 0 Å². The number of anilines is 1. The van der Waals surface area contributed by atoms with Crippen LogP contribution in [0.25, 0.3) is 0 Å². The van der Waals surface area contributed by atoms with Crippen molar-refractivity contribution >= 4 is 11.7 Å². The smallest absolute Gasteiger partial charge is 0.225 e. The van der Waals surface area contributed by atoms with E-state index in [1.54, 1.807) is 11.2 Å². The van der Waals surface area contributed by atoms with Gasteiger partial charge in [0.2, 0.25) is 5.91 Å². The monoisotopic (exact) mass is 304 g/mol. The van der Waals surface area contributed by atoms with E-state index in [4.69, 9.17) is 0 Å². The zero-order valence-electron chi connectivity index (χ0n) is 14.4. The molecule has 1 saturated carbocycles. The van der Waals surface area contributed by atoms with Crippen molar-refractivity contribution in [3.63, 3.8) is 0 Å². The molecule has 5 nitrogen and oxygen atoms in total. The van der Waals surface area contributed by atoms with Gasteiger partial charge < -0.3 is 10.2 Å². The highest BCUT2D eigenvalue weighted by molar-refractivity contribution is 5.78. The second-order valence-electron chi connectivity index (χ2n) is 7.46. The van der Waals surface area contributed by atoms with Crippen molar-refractivity contribution in [2.75, 3.05) is 19.4 Å². The minimum absolute atomic E-state index is 0.0230. The van der Waals surface area contributed by atoms with Crippen molar-refractivity contribution < 1.29 is 4.79 Å². The zero-order chi connectivity index (χ0) is 16.3. The number of rotatable bonds is 3. The number of nitrogens with one attached hydrogen (secondary N) is 1. The quantitative estimate of drug-likeness (QED) is 0.933. The van der Waals surface area contributed by atoms with Gasteiger partial charge in [0.25, 0.3) is 0 Å². The van der Waals surface area contributed by atoms with Gasteiger partial charge >= 0.3 is 0 Å². The van der Waals surface area contributed by atoms with E-state index in [1.807, 2.05) is 20.2 Å². The molecule has 0 atom stereocenters. The van der Waals surface area contributed by atoms with E-state index in [-0.39, 0.29) is 17.2 Å². The van der Waals surface area contributed by atoms with Gasteiger partial charge in [-0.1, -0.05) is 20.8 Å². The molecule has 5 heteroatoms. The summed E-state index contributed by atoms with van der Waals surface area (Å²) in [6.07, 6.45) is 5.56. The fourth-order valence-electron chi connectivity index (χ4n) is 2.91. The second kappa shape index (κ2) is 6.63. The molecule has 22 heavy (non-hydrogen) atoms. The first kappa shape index (κ1) is 16.7. The molecule has 0 saturated heterocycles. The number of carbonyl (C=O) groups is 1. The van der Waals surface area contributed by atoms with Gasteiger partial charge in [0.05, 0.1) is 5.69 Å². The van der Waals surface area contributed by atoms with E-state index in [0.717, 1.165) is 37.2 Å². The molecule has 1 heterocycles. The van der Waals surface area contributed by atoms with Gasteiger partial charge in [0.1, 0.15) is 12.1 Å². The summed E-state index contributed by atoms with van der Waals surface area (Å²) in [6, 6.07) is 2.44. The third kappa shape index (κ3) is 4.18. The average molecular weight is 304 g/mol. The van der Waals surface area contributed by atoms with Gasteiger partial charge in [-0.2, -0.15) is 0 Å². The fourth-order valence-corrected chi connectivity index (χ4v) is 2.91. The van der Waals surface area contributed by atoms with Crippen molar-refractivity contribution in [1.29, 1.82) is 0 Å². The molecule has 1 fully saturated rings. The number of hydrogen-bond acceptors (Lipinski definition) is 4. The standard InChI is InChI=1S/C17H28N4O/c1-17(2,3)14-10-15(19-11-18-14)20-13-8-6-12(7-9-13)16(22)21(4)5/h10-13H,6-9H2,1-5H3,(H,18,19,20)/t12-,13-. The number of carbonyl (C=O) groups excluding carboxylic acids is 1. The third-order valence-corrected chi connectivity index (χ3v) is 4.30. The van der Waals surface area contributed by atoms with Crippen molar-refractivity contribution in [3.05, 3.63) is 18.1 Å². The van der Waals surface area contributed by atoms with Gasteiger partial charge in [0.15, 0.2) is 0 Å². The summed E-state index contributed by atoms with van der Waals surface area (Å²) >= 11 is 0. The molecule has 1 amide bonds. The van der Waals surface area contributed by atoms with Gasteiger partial charge in [-0.3, -0.25) is 4.79 Å². The maximum atomic E-state index is 12.0. The molecule has 2 rings (SSSR count). The number of nitrogens with zero attached hydrogens (tertiary/aromatic N) is 3. The molecular formula is C17H28N4O. The molecule has 0 aliphatic heterocycles. The lowest BCUT2D eigenvalue weighted by molar-refractivity contribution is -0.133. The van der Waals surface area contributed by atoms with Crippen LogP contribution in [0.2, 0.25) is 0 Å². The molecule has 122 valence electrons. The first-order valence-corrected chi connectivity index (χ1v) is 8.07. The molecule has 0 radical (unpaired) electrons. The summed E-state index contributed by atoms with van der Waals surface area (Å²) in [5.41, 5.74) is 1.07. The first-order valence-electron chi connectivity index (χ1n) is 8.07. The van der Waals surface area contributed by atoms with E-state index in [0.29, 0.717) is 6.04 Å². The Hall–Kier alpha value is -1.65. The summed E-state index contributed by atoms with van der Waals surface area (Å²) in [6.45, 7) is 6.45. The van der Waals surface area contributed by atoms with E-state index >= 15 is 0 Å². The van der Waals surface area contributed by atoms with Gasteiger partial charge in [-0.05, 0) is 25.7 Å². The van der Waals surface area contributed by atoms with Crippen LogP contribution in [0.4, 0.5) is 5.82 Å². The van der Waals surface area contributed by atoms with Crippen LogP contribution < -0.4 is 5.32 Å². The van der Waals surface area contributed by atoms with Crippen LogP contribution in [0.3, 0.4) is 0 Å². The molecule has 1 aliphatic carbocycles. The van der Waals surface area contributed by atoms with Crippen LogP contribution in [-0.2, 0) is 10.2 Å². The molecule has 1 aromatic rings. The number of aromatic nitrogens is 2. The van der Waals surface area contributed by atoms with Gasteiger partial charge in [-0.25, -0.2) is 9.97 Å². The van der Waals surface area contributed by atoms with Crippen molar-refractivity contribution in [1.82, 2.24) is 14.9 Å². The maximum Gasteiger partial charge on any atom is 0.225 e. The minimum Gasteiger partial charge on any atom is -0.367 e. The molecular weight excluding hydrogens is 276 g/mol. The Morgan fingerprint density at radius 3 is 2.36 bits per heavy atom. The largest absolute Gasteiger partial charge is 0.367 e. The Morgan fingerprint density at radius 2 is 1.82 bits per heavy atom. The Labute approximate surface area is 133 Å². The van der Waals surface area contributed by atoms with Crippen molar-refractivity contribution in [3.8, 4) is 0 Å². The second-order valence-corrected chi connectivity index (χ2v) is 7.46. The SMILES string of the molecule is CN(C)C(=O)[C@H]1CC[C@H](Nc2cc(C(C)(C)C)ncn2)CC1. The van der Waals surface area contributed by atoms with Crippen molar-refractivity contribution in [2.24, 2.45) is 5.92 Å². The summed E-state index contributed by atoms with van der Waals surface area (Å²) in [5, 5.41) is 3.51. The summed E-state index contributed by atoms with van der Waals surface area (Å²) < 4.78 is 0. The molecule has 0 spiro atoms. The van der Waals surface area contributed by atoms with Crippen LogP contribution in [-0.4, -0.2) is 40.9 Å². The molecule has 1 aliphatic rings. The normalized spacial score (nSPS) is 22.2. The lowest BCUT2D eigenvalue weighted by atomic mass is 9.85. The predicted molar refractivity (Wildman–Crippen MR) is 88.8 cm³/mol. The Bertz CT molecular complexity index is 514.